The fraction of sp³-hybridized carbons (Fsp3) is 0.100. The molecule has 31 heavy (non-hydrogen) atoms. The van der Waals surface area contributed by atoms with Gasteiger partial charge in [-0.05, 0) is 39.5 Å². The third-order valence-electron chi connectivity index (χ3n) is 7.03. The molecular weight excluding hydrogens is 376 g/mol. The molecule has 0 aromatic heterocycles. The number of hydrogen-bond acceptors (Lipinski definition) is 1. The summed E-state index contributed by atoms with van der Waals surface area (Å²) >= 11 is 0. The van der Waals surface area contributed by atoms with Crippen LogP contribution in [0.4, 0.5) is 0 Å². The second-order valence-electron chi connectivity index (χ2n) is 8.46. The molecule has 0 aliphatic heterocycles. The molecule has 0 bridgehead atoms. The predicted molar refractivity (Wildman–Crippen MR) is 125 cm³/mol. The van der Waals surface area contributed by atoms with E-state index in [1.54, 1.807) is 6.08 Å². The zero-order valence-corrected chi connectivity index (χ0v) is 17.1. The molecule has 4 aromatic rings. The highest BCUT2D eigenvalue weighted by Gasteiger charge is 2.58. The van der Waals surface area contributed by atoms with Crippen LogP contribution in [-0.2, 0) is 10.2 Å². The van der Waals surface area contributed by atoms with E-state index in [2.05, 4.69) is 103 Å². The Morgan fingerprint density at radius 2 is 1.13 bits per heavy atom. The highest BCUT2D eigenvalue weighted by Crippen LogP contribution is 2.62. The average Bonchev–Trinajstić information content (AvgIpc) is 3.15. The average molecular weight is 399 g/mol. The molecule has 2 aliphatic carbocycles. The summed E-state index contributed by atoms with van der Waals surface area (Å²) in [7, 11) is 0. The van der Waals surface area contributed by atoms with Crippen LogP contribution < -0.4 is 0 Å². The largest absolute Gasteiger partial charge is 0.293 e. The molecule has 0 amide bonds. The lowest BCUT2D eigenvalue weighted by molar-refractivity contribution is -0.119. The van der Waals surface area contributed by atoms with Gasteiger partial charge in [0.2, 0.25) is 0 Å². The van der Waals surface area contributed by atoms with Crippen LogP contribution in [0.15, 0.2) is 115 Å². The summed E-state index contributed by atoms with van der Waals surface area (Å²) in [6, 6.07) is 38.2. The van der Waals surface area contributed by atoms with Gasteiger partial charge < -0.3 is 0 Å². The Bertz CT molecular complexity index is 1300. The maximum absolute atomic E-state index is 14.0. The summed E-state index contributed by atoms with van der Waals surface area (Å²) in [5.74, 6) is 0.251. The molecule has 0 fully saturated rings. The highest BCUT2D eigenvalue weighted by molar-refractivity contribution is 6.09. The molecule has 1 spiro atoms. The number of allylic oxidation sites excluding steroid dienone is 1. The number of benzene rings is 4. The molecule has 0 saturated carbocycles. The Morgan fingerprint density at radius 3 is 1.87 bits per heavy atom. The third-order valence-corrected chi connectivity index (χ3v) is 7.03. The van der Waals surface area contributed by atoms with Gasteiger partial charge in [-0.2, -0.15) is 0 Å². The fourth-order valence-corrected chi connectivity index (χ4v) is 5.89. The van der Waals surface area contributed by atoms with Crippen LogP contribution in [-0.4, -0.2) is 5.78 Å². The van der Waals surface area contributed by atoms with Gasteiger partial charge in [-0.3, -0.25) is 4.79 Å². The van der Waals surface area contributed by atoms with Gasteiger partial charge in [-0.1, -0.05) is 115 Å². The maximum atomic E-state index is 14.0. The van der Waals surface area contributed by atoms with E-state index in [1.807, 2.05) is 12.1 Å². The summed E-state index contributed by atoms with van der Waals surface area (Å²) < 4.78 is 0. The van der Waals surface area contributed by atoms with Gasteiger partial charge in [0.15, 0.2) is 5.78 Å². The molecule has 2 aliphatic rings. The van der Waals surface area contributed by atoms with E-state index in [1.165, 1.54) is 16.7 Å². The first-order chi connectivity index (χ1) is 15.3. The number of carbonyl (C=O) groups excluding carboxylic acids is 1. The third kappa shape index (κ3) is 2.47. The Hall–Kier alpha value is -3.71. The first-order valence-electron chi connectivity index (χ1n) is 10.8. The number of rotatable bonds is 2. The number of ketones is 1. The summed E-state index contributed by atoms with van der Waals surface area (Å²) in [5.41, 5.74) is 6.35. The summed E-state index contributed by atoms with van der Waals surface area (Å²) in [6.07, 6.45) is 3.77. The van der Waals surface area contributed by atoms with Crippen LogP contribution >= 0.6 is 0 Å². The SMILES string of the molecule is O=C1C=Cc2ccccc2C12c1ccccc1[C@@H](c1ccccc1)C2c1ccccc1. The van der Waals surface area contributed by atoms with Crippen molar-refractivity contribution in [1.82, 2.24) is 0 Å². The van der Waals surface area contributed by atoms with Gasteiger partial charge in [0.05, 0.1) is 5.41 Å². The van der Waals surface area contributed by atoms with Crippen LogP contribution in [0.25, 0.3) is 6.08 Å². The fourth-order valence-electron chi connectivity index (χ4n) is 5.89. The minimum atomic E-state index is -0.732. The molecule has 3 atom stereocenters. The van der Waals surface area contributed by atoms with Crippen molar-refractivity contribution in [3.8, 4) is 0 Å². The Kier molecular flexibility index (Phi) is 4.04. The zero-order chi connectivity index (χ0) is 20.8. The van der Waals surface area contributed by atoms with Crippen LogP contribution in [0.2, 0.25) is 0 Å². The van der Waals surface area contributed by atoms with E-state index in [4.69, 9.17) is 0 Å². The van der Waals surface area contributed by atoms with E-state index < -0.39 is 5.41 Å². The van der Waals surface area contributed by atoms with Crippen molar-refractivity contribution in [2.75, 3.05) is 0 Å². The second-order valence-corrected chi connectivity index (χ2v) is 8.46. The van der Waals surface area contributed by atoms with Gasteiger partial charge in [0.1, 0.15) is 0 Å². The lowest BCUT2D eigenvalue weighted by atomic mass is 9.60. The van der Waals surface area contributed by atoms with Gasteiger partial charge in [0.25, 0.3) is 0 Å². The zero-order valence-electron chi connectivity index (χ0n) is 17.1. The lowest BCUT2D eigenvalue weighted by Gasteiger charge is -2.40. The van der Waals surface area contributed by atoms with E-state index in [0.29, 0.717) is 0 Å². The standard InChI is InChI=1S/C30H22O/c31-27-20-19-21-11-7-9-17-25(21)30(27)26-18-10-8-16-24(26)28(22-12-3-1-4-13-22)29(30)23-14-5-2-6-15-23/h1-20,28-29H/t28-,29?,30?/m1/s1. The van der Waals surface area contributed by atoms with E-state index in [0.717, 1.165) is 16.7 Å². The van der Waals surface area contributed by atoms with Crippen molar-refractivity contribution in [1.29, 1.82) is 0 Å². The van der Waals surface area contributed by atoms with Gasteiger partial charge in [-0.25, -0.2) is 0 Å². The molecule has 0 heterocycles. The Morgan fingerprint density at radius 1 is 0.548 bits per heavy atom. The normalized spacial score (nSPS) is 23.5. The van der Waals surface area contributed by atoms with E-state index in [9.17, 15) is 4.79 Å². The Balaban J connectivity index is 1.75. The van der Waals surface area contributed by atoms with Crippen molar-refractivity contribution in [2.45, 2.75) is 17.3 Å². The smallest absolute Gasteiger partial charge is 0.171 e. The molecule has 1 nitrogen and oxygen atoms in total. The number of hydrogen-bond donors (Lipinski definition) is 0. The minimum absolute atomic E-state index is 0.0212. The van der Waals surface area contributed by atoms with E-state index >= 15 is 0 Å². The van der Waals surface area contributed by atoms with Crippen LogP contribution in [0.5, 0.6) is 0 Å². The van der Waals surface area contributed by atoms with Gasteiger partial charge in [0, 0.05) is 11.8 Å². The quantitative estimate of drug-likeness (QED) is 0.377. The second kappa shape index (κ2) is 6.92. The molecule has 0 N–H and O–H groups in total. The van der Waals surface area contributed by atoms with Crippen molar-refractivity contribution in [3.63, 3.8) is 0 Å². The first-order valence-corrected chi connectivity index (χ1v) is 10.8. The van der Waals surface area contributed by atoms with E-state index in [-0.39, 0.29) is 17.6 Å². The topological polar surface area (TPSA) is 17.1 Å². The highest BCUT2D eigenvalue weighted by atomic mass is 16.1. The van der Waals surface area contributed by atoms with Crippen LogP contribution in [0, 0.1) is 0 Å². The van der Waals surface area contributed by atoms with Crippen molar-refractivity contribution in [3.05, 3.63) is 149 Å². The molecule has 0 radical (unpaired) electrons. The van der Waals surface area contributed by atoms with Crippen molar-refractivity contribution >= 4 is 11.9 Å². The lowest BCUT2D eigenvalue weighted by Crippen LogP contribution is -2.42. The molecule has 2 unspecified atom stereocenters. The number of fused-ring (bicyclic) bond motifs is 4. The predicted octanol–water partition coefficient (Wildman–Crippen LogP) is 6.50. The van der Waals surface area contributed by atoms with Crippen molar-refractivity contribution in [2.24, 2.45) is 0 Å². The van der Waals surface area contributed by atoms with Crippen molar-refractivity contribution < 1.29 is 4.79 Å². The summed E-state index contributed by atoms with van der Waals surface area (Å²) in [6.45, 7) is 0. The molecule has 0 saturated heterocycles. The van der Waals surface area contributed by atoms with Gasteiger partial charge >= 0.3 is 0 Å². The monoisotopic (exact) mass is 398 g/mol. The molecule has 6 rings (SSSR count). The first kappa shape index (κ1) is 18.1. The van der Waals surface area contributed by atoms with Crippen LogP contribution in [0.3, 0.4) is 0 Å². The summed E-state index contributed by atoms with van der Waals surface area (Å²) in [5, 5.41) is 0. The molecular formula is C30H22O. The summed E-state index contributed by atoms with van der Waals surface area (Å²) in [4.78, 5) is 14.0. The molecule has 4 aromatic carbocycles. The molecule has 148 valence electrons. The van der Waals surface area contributed by atoms with Crippen LogP contribution in [0.1, 0.15) is 45.2 Å². The Labute approximate surface area is 182 Å². The maximum Gasteiger partial charge on any atom is 0.171 e. The molecule has 1 heteroatoms. The minimum Gasteiger partial charge on any atom is -0.293 e. The number of carbonyl (C=O) groups is 1. The van der Waals surface area contributed by atoms with Gasteiger partial charge in [-0.15, -0.1) is 0 Å².